The van der Waals surface area contributed by atoms with Gasteiger partial charge >= 0.3 is 0 Å². The Morgan fingerprint density at radius 2 is 1.78 bits per heavy atom. The highest BCUT2D eigenvalue weighted by molar-refractivity contribution is 5.37. The molecule has 0 heterocycles. The molecule has 3 heteroatoms. The van der Waals surface area contributed by atoms with E-state index in [4.69, 9.17) is 4.84 Å². The topological polar surface area (TPSA) is 21.3 Å². The summed E-state index contributed by atoms with van der Waals surface area (Å²) >= 11 is 0. The lowest BCUT2D eigenvalue weighted by Gasteiger charge is -2.20. The third kappa shape index (κ3) is 2.58. The van der Waals surface area contributed by atoms with Crippen LogP contribution in [0, 0.1) is 12.7 Å². The van der Waals surface area contributed by atoms with Gasteiger partial charge in [-0.3, -0.25) is 0 Å². The molecule has 18 heavy (non-hydrogen) atoms. The first-order valence-electron chi connectivity index (χ1n) is 5.82. The first kappa shape index (κ1) is 12.7. The molecular formula is C15H16FNO. The number of nitrogens with one attached hydrogen (secondary N) is 1. The van der Waals surface area contributed by atoms with Gasteiger partial charge in [0, 0.05) is 0 Å². The van der Waals surface area contributed by atoms with Gasteiger partial charge in [-0.05, 0) is 29.7 Å². The number of benzene rings is 2. The maximum Gasteiger partial charge on any atom is 0.126 e. The molecule has 0 bridgehead atoms. The lowest BCUT2D eigenvalue weighted by molar-refractivity contribution is 0.0714. The van der Waals surface area contributed by atoms with E-state index < -0.39 is 0 Å². The summed E-state index contributed by atoms with van der Waals surface area (Å²) in [4.78, 5) is 5.04. The van der Waals surface area contributed by atoms with Gasteiger partial charge in [-0.2, -0.15) is 5.48 Å². The molecule has 2 aromatic rings. The smallest absolute Gasteiger partial charge is 0.126 e. The Labute approximate surface area is 106 Å². The second-order valence-electron chi connectivity index (χ2n) is 4.12. The largest absolute Gasteiger partial charge is 0.304 e. The van der Waals surface area contributed by atoms with Crippen LogP contribution in [0.3, 0.4) is 0 Å². The summed E-state index contributed by atoms with van der Waals surface area (Å²) in [5.74, 6) is -0.202. The van der Waals surface area contributed by atoms with Crippen LogP contribution in [-0.4, -0.2) is 7.11 Å². The molecule has 2 nitrogen and oxygen atoms in total. The summed E-state index contributed by atoms with van der Waals surface area (Å²) in [5, 5.41) is 0. The van der Waals surface area contributed by atoms with Gasteiger partial charge in [0.15, 0.2) is 0 Å². The normalized spacial score (nSPS) is 12.4. The Balaban J connectivity index is 2.45. The molecule has 1 N–H and O–H groups in total. The van der Waals surface area contributed by atoms with Gasteiger partial charge < -0.3 is 4.84 Å². The van der Waals surface area contributed by atoms with Crippen LogP contribution in [0.2, 0.25) is 0 Å². The molecule has 0 aliphatic carbocycles. The lowest BCUT2D eigenvalue weighted by Crippen LogP contribution is -2.22. The number of hydrogen-bond acceptors (Lipinski definition) is 2. The summed E-state index contributed by atoms with van der Waals surface area (Å²) in [6, 6.07) is 14.7. The molecule has 0 aromatic heterocycles. The zero-order valence-electron chi connectivity index (χ0n) is 10.5. The first-order chi connectivity index (χ1) is 8.74. The maximum absolute atomic E-state index is 13.6. The van der Waals surface area contributed by atoms with E-state index in [-0.39, 0.29) is 11.9 Å². The van der Waals surface area contributed by atoms with Crippen molar-refractivity contribution in [3.63, 3.8) is 0 Å². The van der Waals surface area contributed by atoms with Gasteiger partial charge in [-0.25, -0.2) is 4.39 Å². The second kappa shape index (κ2) is 5.76. The molecule has 0 saturated heterocycles. The van der Waals surface area contributed by atoms with E-state index in [1.165, 1.54) is 6.07 Å². The zero-order chi connectivity index (χ0) is 13.0. The Hall–Kier alpha value is -1.71. The van der Waals surface area contributed by atoms with Crippen molar-refractivity contribution >= 4 is 0 Å². The third-order valence-electron chi connectivity index (χ3n) is 2.99. The Morgan fingerprint density at radius 1 is 1.06 bits per heavy atom. The van der Waals surface area contributed by atoms with Crippen molar-refractivity contribution in [3.8, 4) is 0 Å². The molecule has 1 unspecified atom stereocenters. The van der Waals surface area contributed by atoms with Gasteiger partial charge in [-0.1, -0.05) is 42.5 Å². The Morgan fingerprint density at radius 3 is 2.44 bits per heavy atom. The summed E-state index contributed by atoms with van der Waals surface area (Å²) < 4.78 is 13.6. The summed E-state index contributed by atoms with van der Waals surface area (Å²) in [6.45, 7) is 1.78. The number of halogens is 1. The van der Waals surface area contributed by atoms with Gasteiger partial charge in [0.2, 0.25) is 0 Å². The van der Waals surface area contributed by atoms with Crippen LogP contribution in [0.4, 0.5) is 4.39 Å². The van der Waals surface area contributed by atoms with Crippen molar-refractivity contribution in [2.45, 2.75) is 13.0 Å². The van der Waals surface area contributed by atoms with E-state index in [1.807, 2.05) is 36.4 Å². The molecule has 0 aliphatic heterocycles. The van der Waals surface area contributed by atoms with Crippen molar-refractivity contribution < 1.29 is 9.23 Å². The molecular weight excluding hydrogens is 229 g/mol. The van der Waals surface area contributed by atoms with Crippen LogP contribution in [-0.2, 0) is 4.84 Å². The summed E-state index contributed by atoms with van der Waals surface area (Å²) in [6.07, 6.45) is 0. The highest BCUT2D eigenvalue weighted by atomic mass is 19.1. The van der Waals surface area contributed by atoms with E-state index in [1.54, 1.807) is 20.1 Å². The van der Waals surface area contributed by atoms with E-state index in [2.05, 4.69) is 5.48 Å². The quantitative estimate of drug-likeness (QED) is 0.834. The number of hydrogen-bond donors (Lipinski definition) is 1. The zero-order valence-corrected chi connectivity index (χ0v) is 10.5. The average molecular weight is 245 g/mol. The minimum Gasteiger partial charge on any atom is -0.304 e. The van der Waals surface area contributed by atoms with E-state index in [9.17, 15) is 4.39 Å². The van der Waals surface area contributed by atoms with Crippen LogP contribution in [0.1, 0.15) is 22.7 Å². The van der Waals surface area contributed by atoms with E-state index in [0.717, 1.165) is 11.1 Å². The van der Waals surface area contributed by atoms with E-state index in [0.29, 0.717) is 5.56 Å². The fraction of sp³-hybridized carbons (Fsp3) is 0.200. The minimum atomic E-state index is -0.202. The standard InChI is InChI=1S/C15H16FNO/c1-11-13(9-6-10-14(11)16)15(17-18-2)12-7-4-3-5-8-12/h3-10,15,17H,1-2H3. The predicted molar refractivity (Wildman–Crippen MR) is 69.6 cm³/mol. The molecule has 0 aliphatic rings. The summed E-state index contributed by atoms with van der Waals surface area (Å²) in [7, 11) is 1.56. The molecule has 0 fully saturated rings. The molecule has 0 spiro atoms. The molecule has 0 radical (unpaired) electrons. The fourth-order valence-corrected chi connectivity index (χ4v) is 2.01. The minimum absolute atomic E-state index is 0.174. The first-order valence-corrected chi connectivity index (χ1v) is 5.82. The Kier molecular flexibility index (Phi) is 4.07. The molecule has 94 valence electrons. The van der Waals surface area contributed by atoms with Crippen LogP contribution in [0.25, 0.3) is 0 Å². The van der Waals surface area contributed by atoms with Crippen LogP contribution in [0.5, 0.6) is 0 Å². The van der Waals surface area contributed by atoms with Crippen molar-refractivity contribution in [3.05, 3.63) is 71.0 Å². The van der Waals surface area contributed by atoms with Crippen molar-refractivity contribution in [2.75, 3.05) is 7.11 Å². The van der Waals surface area contributed by atoms with Gasteiger partial charge in [0.05, 0.1) is 13.2 Å². The van der Waals surface area contributed by atoms with Crippen LogP contribution >= 0.6 is 0 Å². The lowest BCUT2D eigenvalue weighted by atomic mass is 9.95. The van der Waals surface area contributed by atoms with Crippen molar-refractivity contribution in [1.82, 2.24) is 5.48 Å². The summed E-state index contributed by atoms with van der Waals surface area (Å²) in [5.41, 5.74) is 5.46. The monoisotopic (exact) mass is 245 g/mol. The highest BCUT2D eigenvalue weighted by Crippen LogP contribution is 2.26. The SMILES string of the molecule is CONC(c1ccccc1)c1cccc(F)c1C. The third-order valence-corrected chi connectivity index (χ3v) is 2.99. The molecule has 2 rings (SSSR count). The van der Waals surface area contributed by atoms with Crippen molar-refractivity contribution in [1.29, 1.82) is 0 Å². The van der Waals surface area contributed by atoms with Crippen LogP contribution in [0.15, 0.2) is 48.5 Å². The average Bonchev–Trinajstić information content (AvgIpc) is 2.41. The van der Waals surface area contributed by atoms with Gasteiger partial charge in [0.25, 0.3) is 0 Å². The maximum atomic E-state index is 13.6. The molecule has 2 aromatic carbocycles. The van der Waals surface area contributed by atoms with Gasteiger partial charge in [0.1, 0.15) is 5.82 Å². The number of rotatable bonds is 4. The van der Waals surface area contributed by atoms with Crippen molar-refractivity contribution in [2.24, 2.45) is 0 Å². The molecule has 1 atom stereocenters. The van der Waals surface area contributed by atoms with E-state index >= 15 is 0 Å². The fourth-order valence-electron chi connectivity index (χ4n) is 2.01. The van der Waals surface area contributed by atoms with Crippen LogP contribution < -0.4 is 5.48 Å². The Bertz CT molecular complexity index is 513. The predicted octanol–water partition coefficient (Wildman–Crippen LogP) is 3.37. The number of hydroxylamine groups is 1. The molecule has 0 amide bonds. The van der Waals surface area contributed by atoms with Gasteiger partial charge in [-0.15, -0.1) is 0 Å². The second-order valence-corrected chi connectivity index (χ2v) is 4.12. The molecule has 0 saturated carbocycles. The highest BCUT2D eigenvalue weighted by Gasteiger charge is 2.17.